The summed E-state index contributed by atoms with van der Waals surface area (Å²) in [4.78, 5) is -0.0802. The molecule has 0 aliphatic carbocycles. The van der Waals surface area contributed by atoms with Crippen LogP contribution in [0.25, 0.3) is 0 Å². The van der Waals surface area contributed by atoms with E-state index < -0.39 is 10.0 Å². The Hall–Kier alpha value is -1.83. The van der Waals surface area contributed by atoms with Crippen molar-refractivity contribution in [3.63, 3.8) is 0 Å². The fraction of sp³-hybridized carbons (Fsp3) is 0.143. The topological polar surface area (TPSA) is 90.6 Å². The second kappa shape index (κ2) is 6.74. The quantitative estimate of drug-likeness (QED) is 0.780. The van der Waals surface area contributed by atoms with E-state index in [1.165, 1.54) is 38.5 Å². The number of anilines is 2. The average molecular weight is 377 g/mol. The van der Waals surface area contributed by atoms with Crippen LogP contribution in [-0.2, 0) is 10.0 Å². The molecule has 0 aliphatic heterocycles. The highest BCUT2D eigenvalue weighted by molar-refractivity contribution is 7.92. The summed E-state index contributed by atoms with van der Waals surface area (Å²) in [6, 6.07) is 7.17. The van der Waals surface area contributed by atoms with Crippen molar-refractivity contribution in [2.24, 2.45) is 0 Å². The number of benzene rings is 2. The largest absolute Gasteiger partial charge is 0.497 e. The number of hydrogen-bond donors (Lipinski definition) is 2. The first kappa shape index (κ1) is 17.5. The Labute approximate surface area is 144 Å². The van der Waals surface area contributed by atoms with E-state index in [-0.39, 0.29) is 32.1 Å². The summed E-state index contributed by atoms with van der Waals surface area (Å²) in [6.45, 7) is 0. The molecular formula is C14H14Cl2N2O4S. The van der Waals surface area contributed by atoms with Gasteiger partial charge in [-0.05, 0) is 24.3 Å². The van der Waals surface area contributed by atoms with Gasteiger partial charge in [-0.25, -0.2) is 8.42 Å². The van der Waals surface area contributed by atoms with Crippen LogP contribution in [0.5, 0.6) is 11.5 Å². The normalized spacial score (nSPS) is 11.1. The number of nitrogens with two attached hydrogens (primary N) is 1. The Kier molecular flexibility index (Phi) is 5.13. The number of methoxy groups -OCH3 is 2. The van der Waals surface area contributed by atoms with Gasteiger partial charge in [-0.2, -0.15) is 0 Å². The Morgan fingerprint density at radius 1 is 1.04 bits per heavy atom. The molecule has 23 heavy (non-hydrogen) atoms. The summed E-state index contributed by atoms with van der Waals surface area (Å²) in [7, 11) is -1.14. The fourth-order valence-corrected chi connectivity index (χ4v) is 3.56. The Bertz CT molecular complexity index is 818. The summed E-state index contributed by atoms with van der Waals surface area (Å²) in [5.41, 5.74) is 5.99. The lowest BCUT2D eigenvalue weighted by atomic mass is 10.3. The standard InChI is InChI=1S/C14H14Cl2N2O4S/c1-21-9-3-4-12(22-2)13(7-9)23(19,20)18-8-5-10(15)14(17)11(16)6-8/h3-7,18H,17H2,1-2H3. The molecule has 2 aromatic carbocycles. The molecule has 0 saturated heterocycles. The number of nitrogens with one attached hydrogen (secondary N) is 1. The summed E-state index contributed by atoms with van der Waals surface area (Å²) in [5, 5.41) is 0.292. The lowest BCUT2D eigenvalue weighted by molar-refractivity contribution is 0.392. The summed E-state index contributed by atoms with van der Waals surface area (Å²) in [5.74, 6) is 0.547. The minimum absolute atomic E-state index is 0.0802. The molecule has 6 nitrogen and oxygen atoms in total. The van der Waals surface area contributed by atoms with Crippen molar-refractivity contribution in [3.05, 3.63) is 40.4 Å². The highest BCUT2D eigenvalue weighted by atomic mass is 35.5. The molecule has 0 aliphatic rings. The van der Waals surface area contributed by atoms with Gasteiger partial charge in [0.25, 0.3) is 10.0 Å². The van der Waals surface area contributed by atoms with Crippen LogP contribution in [0.3, 0.4) is 0 Å². The molecule has 3 N–H and O–H groups in total. The number of ether oxygens (including phenoxy) is 2. The maximum atomic E-state index is 12.6. The van der Waals surface area contributed by atoms with Crippen molar-refractivity contribution in [3.8, 4) is 11.5 Å². The number of sulfonamides is 1. The van der Waals surface area contributed by atoms with Gasteiger partial charge in [-0.3, -0.25) is 4.72 Å². The van der Waals surface area contributed by atoms with E-state index in [0.29, 0.717) is 5.75 Å². The summed E-state index contributed by atoms with van der Waals surface area (Å²) < 4.78 is 37.7. The van der Waals surface area contributed by atoms with Gasteiger partial charge in [0.1, 0.15) is 16.4 Å². The maximum absolute atomic E-state index is 12.6. The van der Waals surface area contributed by atoms with Crippen molar-refractivity contribution in [2.45, 2.75) is 4.90 Å². The second-order valence-corrected chi connectivity index (χ2v) is 6.94. The first-order valence-corrected chi connectivity index (χ1v) is 8.51. The van der Waals surface area contributed by atoms with Crippen molar-refractivity contribution >= 4 is 44.6 Å². The van der Waals surface area contributed by atoms with Crippen molar-refractivity contribution < 1.29 is 17.9 Å². The predicted molar refractivity (Wildman–Crippen MR) is 91.2 cm³/mol. The molecule has 0 radical (unpaired) electrons. The van der Waals surface area contributed by atoms with Crippen LogP contribution < -0.4 is 19.9 Å². The minimum Gasteiger partial charge on any atom is -0.497 e. The minimum atomic E-state index is -3.95. The molecule has 2 rings (SSSR count). The number of nitrogen functional groups attached to an aromatic ring is 1. The second-order valence-electron chi connectivity index (χ2n) is 4.48. The zero-order valence-corrected chi connectivity index (χ0v) is 14.6. The molecule has 0 amide bonds. The third-order valence-corrected chi connectivity index (χ3v) is 5.02. The van der Waals surface area contributed by atoms with E-state index in [1.54, 1.807) is 6.07 Å². The lowest BCUT2D eigenvalue weighted by Gasteiger charge is -2.13. The molecular weight excluding hydrogens is 363 g/mol. The number of hydrogen-bond acceptors (Lipinski definition) is 5. The van der Waals surface area contributed by atoms with Gasteiger partial charge >= 0.3 is 0 Å². The monoisotopic (exact) mass is 376 g/mol. The van der Waals surface area contributed by atoms with Crippen molar-refractivity contribution in [1.82, 2.24) is 0 Å². The molecule has 0 aromatic heterocycles. The highest BCUT2D eigenvalue weighted by Crippen LogP contribution is 2.34. The molecule has 0 fully saturated rings. The molecule has 0 unspecified atom stereocenters. The third kappa shape index (κ3) is 3.74. The molecule has 0 saturated carbocycles. The fourth-order valence-electron chi connectivity index (χ4n) is 1.85. The zero-order chi connectivity index (χ0) is 17.2. The molecule has 0 heterocycles. The Morgan fingerprint density at radius 3 is 2.17 bits per heavy atom. The molecule has 2 aromatic rings. The zero-order valence-electron chi connectivity index (χ0n) is 12.3. The van der Waals surface area contributed by atoms with Crippen LogP contribution in [0.4, 0.5) is 11.4 Å². The van der Waals surface area contributed by atoms with E-state index in [9.17, 15) is 8.42 Å². The van der Waals surface area contributed by atoms with E-state index in [1.807, 2.05) is 0 Å². The maximum Gasteiger partial charge on any atom is 0.265 e. The van der Waals surface area contributed by atoms with Crippen LogP contribution in [-0.4, -0.2) is 22.6 Å². The SMILES string of the molecule is COc1ccc(OC)c(S(=O)(=O)Nc2cc(Cl)c(N)c(Cl)c2)c1. The Morgan fingerprint density at radius 2 is 1.65 bits per heavy atom. The number of rotatable bonds is 5. The Balaban J connectivity index is 2.47. The summed E-state index contributed by atoms with van der Waals surface area (Å²) in [6.07, 6.45) is 0. The van der Waals surface area contributed by atoms with E-state index in [4.69, 9.17) is 38.4 Å². The van der Waals surface area contributed by atoms with Gasteiger partial charge in [0.05, 0.1) is 35.6 Å². The van der Waals surface area contributed by atoms with Crippen LogP contribution in [0.15, 0.2) is 35.2 Å². The van der Waals surface area contributed by atoms with Gasteiger partial charge < -0.3 is 15.2 Å². The number of halogens is 2. The van der Waals surface area contributed by atoms with Gasteiger partial charge in [0.15, 0.2) is 0 Å². The van der Waals surface area contributed by atoms with Gasteiger partial charge in [-0.1, -0.05) is 23.2 Å². The molecule has 9 heteroatoms. The predicted octanol–water partition coefficient (Wildman–Crippen LogP) is 3.39. The van der Waals surface area contributed by atoms with E-state index in [2.05, 4.69) is 4.72 Å². The first-order chi connectivity index (χ1) is 10.8. The molecule has 0 atom stereocenters. The van der Waals surface area contributed by atoms with Crippen molar-refractivity contribution in [1.29, 1.82) is 0 Å². The summed E-state index contributed by atoms with van der Waals surface area (Å²) >= 11 is 11.8. The molecule has 0 spiro atoms. The van der Waals surface area contributed by atoms with Gasteiger partial charge in [-0.15, -0.1) is 0 Å². The van der Waals surface area contributed by atoms with Crippen LogP contribution >= 0.6 is 23.2 Å². The van der Waals surface area contributed by atoms with Gasteiger partial charge in [0.2, 0.25) is 0 Å². The molecule has 124 valence electrons. The average Bonchev–Trinajstić information content (AvgIpc) is 2.51. The lowest BCUT2D eigenvalue weighted by Crippen LogP contribution is -2.14. The first-order valence-electron chi connectivity index (χ1n) is 6.28. The van der Waals surface area contributed by atoms with Crippen LogP contribution in [0.1, 0.15) is 0 Å². The van der Waals surface area contributed by atoms with E-state index in [0.717, 1.165) is 0 Å². The highest BCUT2D eigenvalue weighted by Gasteiger charge is 2.21. The molecule has 0 bridgehead atoms. The van der Waals surface area contributed by atoms with Crippen LogP contribution in [0.2, 0.25) is 10.0 Å². The third-order valence-electron chi connectivity index (χ3n) is 2.99. The van der Waals surface area contributed by atoms with Crippen LogP contribution in [0, 0.1) is 0 Å². The van der Waals surface area contributed by atoms with E-state index >= 15 is 0 Å². The van der Waals surface area contributed by atoms with Crippen molar-refractivity contribution in [2.75, 3.05) is 24.7 Å². The van der Waals surface area contributed by atoms with Gasteiger partial charge in [0, 0.05) is 6.07 Å². The smallest absolute Gasteiger partial charge is 0.265 e.